The minimum atomic E-state index is -0.537. The normalized spacial score (nSPS) is 23.4. The summed E-state index contributed by atoms with van der Waals surface area (Å²) < 4.78 is 6.30. The molecule has 2 aliphatic carbocycles. The Kier molecular flexibility index (Phi) is 5.47. The van der Waals surface area contributed by atoms with Crippen molar-refractivity contribution in [1.82, 2.24) is 9.97 Å². The van der Waals surface area contributed by atoms with E-state index in [1.807, 2.05) is 18.2 Å². The van der Waals surface area contributed by atoms with Crippen LogP contribution < -0.4 is 16.2 Å². The zero-order valence-electron chi connectivity index (χ0n) is 17.6. The van der Waals surface area contributed by atoms with E-state index in [1.54, 1.807) is 6.08 Å². The number of ether oxygens (including phenoxy) is 1. The van der Waals surface area contributed by atoms with Gasteiger partial charge in [-0.15, -0.1) is 0 Å². The van der Waals surface area contributed by atoms with Crippen molar-refractivity contribution in [1.29, 1.82) is 0 Å². The van der Waals surface area contributed by atoms with Crippen LogP contribution in [0.25, 0.3) is 11.3 Å². The molecule has 1 fully saturated rings. The van der Waals surface area contributed by atoms with Crippen LogP contribution in [0.4, 0.5) is 5.82 Å². The molecule has 0 bridgehead atoms. The Bertz CT molecular complexity index is 978. The molecule has 0 amide bonds. The van der Waals surface area contributed by atoms with E-state index in [9.17, 15) is 0 Å². The number of fused-ring (bicyclic) bond motifs is 3. The Hall–Kier alpha value is -2.93. The molecule has 7 heteroatoms. The molecule has 4 rings (SSSR count). The molecule has 0 saturated heterocycles. The summed E-state index contributed by atoms with van der Waals surface area (Å²) in [4.78, 5) is 14.3. The minimum Gasteiger partial charge on any atom is -0.490 e. The fraction of sp³-hybridized carbons (Fsp3) is 0.435. The maximum Gasteiger partial charge on any atom is 0.135 e. The van der Waals surface area contributed by atoms with Crippen LogP contribution in [0.1, 0.15) is 50.7 Å². The lowest BCUT2D eigenvalue weighted by molar-refractivity contribution is 0.147. The maximum absolute atomic E-state index is 6.30. The Morgan fingerprint density at radius 2 is 1.97 bits per heavy atom. The number of benzene rings is 1. The number of nitrogens with two attached hydrogens (primary N) is 2. The number of rotatable bonds is 5. The van der Waals surface area contributed by atoms with E-state index in [-0.39, 0.29) is 12.1 Å². The quantitative estimate of drug-likeness (QED) is 0.445. The molecule has 158 valence electrons. The first-order valence-corrected chi connectivity index (χ1v) is 10.4. The highest BCUT2D eigenvalue weighted by Gasteiger charge is 2.41. The van der Waals surface area contributed by atoms with Gasteiger partial charge in [-0.2, -0.15) is 0 Å². The Balaban J connectivity index is 1.77. The zero-order valence-corrected chi connectivity index (χ0v) is 17.6. The van der Waals surface area contributed by atoms with Crippen molar-refractivity contribution in [2.45, 2.75) is 57.1 Å². The molecule has 30 heavy (non-hydrogen) atoms. The van der Waals surface area contributed by atoms with E-state index in [0.29, 0.717) is 12.4 Å². The van der Waals surface area contributed by atoms with Gasteiger partial charge < -0.3 is 21.0 Å². The third kappa shape index (κ3) is 3.65. The molecular weight excluding hydrogens is 378 g/mol. The summed E-state index contributed by atoms with van der Waals surface area (Å²) in [7, 11) is 0. The van der Waals surface area contributed by atoms with Crippen LogP contribution in [0.15, 0.2) is 42.3 Å². The van der Waals surface area contributed by atoms with Crippen molar-refractivity contribution in [3.8, 4) is 17.0 Å². The minimum absolute atomic E-state index is 0.183. The van der Waals surface area contributed by atoms with Gasteiger partial charge >= 0.3 is 0 Å². The second-order valence-electron chi connectivity index (χ2n) is 8.49. The predicted molar refractivity (Wildman–Crippen MR) is 118 cm³/mol. The van der Waals surface area contributed by atoms with Crippen LogP contribution in [0.2, 0.25) is 0 Å². The van der Waals surface area contributed by atoms with E-state index in [2.05, 4.69) is 35.6 Å². The summed E-state index contributed by atoms with van der Waals surface area (Å²) >= 11 is 0. The van der Waals surface area contributed by atoms with Crippen molar-refractivity contribution < 1.29 is 9.57 Å². The van der Waals surface area contributed by atoms with E-state index in [0.717, 1.165) is 59.5 Å². The fourth-order valence-electron chi connectivity index (χ4n) is 4.39. The van der Waals surface area contributed by atoms with Crippen LogP contribution in [0, 0.1) is 0 Å². The number of anilines is 1. The number of nitrogens with zero attached hydrogens (tertiary/aromatic N) is 3. The molecule has 0 aliphatic heterocycles. The Morgan fingerprint density at radius 1 is 1.20 bits per heavy atom. The predicted octanol–water partition coefficient (Wildman–Crippen LogP) is 3.57. The van der Waals surface area contributed by atoms with Crippen molar-refractivity contribution in [3.05, 3.63) is 48.3 Å². The summed E-state index contributed by atoms with van der Waals surface area (Å²) in [5, 5.41) is 4.47. The lowest BCUT2D eigenvalue weighted by atomic mass is 9.70. The first-order valence-electron chi connectivity index (χ1n) is 10.4. The average molecular weight is 408 g/mol. The van der Waals surface area contributed by atoms with Gasteiger partial charge in [0, 0.05) is 28.1 Å². The van der Waals surface area contributed by atoms with E-state index in [4.69, 9.17) is 21.0 Å². The summed E-state index contributed by atoms with van der Waals surface area (Å²) in [6, 6.07) is 6.32. The largest absolute Gasteiger partial charge is 0.490 e. The lowest BCUT2D eigenvalue weighted by Crippen LogP contribution is -2.36. The van der Waals surface area contributed by atoms with Gasteiger partial charge in [0.1, 0.15) is 24.5 Å². The Labute approximate surface area is 177 Å². The molecule has 1 aromatic heterocycles. The van der Waals surface area contributed by atoms with Crippen molar-refractivity contribution in [3.63, 3.8) is 0 Å². The summed E-state index contributed by atoms with van der Waals surface area (Å²) in [6.45, 7) is 8.13. The number of nitrogen functional groups attached to an aromatic ring is 1. The molecule has 2 aromatic rings. The second-order valence-corrected chi connectivity index (χ2v) is 8.49. The van der Waals surface area contributed by atoms with Gasteiger partial charge in [0.2, 0.25) is 0 Å². The molecule has 0 unspecified atom stereocenters. The van der Waals surface area contributed by atoms with Gasteiger partial charge in [0.15, 0.2) is 0 Å². The second kappa shape index (κ2) is 8.07. The van der Waals surface area contributed by atoms with Gasteiger partial charge in [-0.1, -0.05) is 17.8 Å². The first kappa shape index (κ1) is 20.3. The molecule has 1 heterocycles. The molecule has 1 aromatic carbocycles. The smallest absolute Gasteiger partial charge is 0.135 e. The van der Waals surface area contributed by atoms with E-state index < -0.39 is 5.41 Å². The number of aromatic nitrogens is 2. The van der Waals surface area contributed by atoms with Crippen LogP contribution in [0.5, 0.6) is 5.75 Å². The third-order valence-electron chi connectivity index (χ3n) is 5.96. The van der Waals surface area contributed by atoms with Gasteiger partial charge in [0.05, 0.1) is 17.5 Å². The molecule has 4 N–H and O–H groups in total. The van der Waals surface area contributed by atoms with Gasteiger partial charge in [-0.25, -0.2) is 9.97 Å². The fourth-order valence-corrected chi connectivity index (χ4v) is 4.39. The molecule has 0 atom stereocenters. The first-order chi connectivity index (χ1) is 14.4. The lowest BCUT2D eigenvalue weighted by Gasteiger charge is -2.35. The van der Waals surface area contributed by atoms with Crippen LogP contribution in [0.3, 0.4) is 0 Å². The molecule has 7 nitrogen and oxygen atoms in total. The molecule has 1 saturated carbocycles. The summed E-state index contributed by atoms with van der Waals surface area (Å²) in [5.41, 5.74) is 16.1. The maximum atomic E-state index is 6.30. The van der Waals surface area contributed by atoms with E-state index in [1.165, 1.54) is 6.33 Å². The van der Waals surface area contributed by atoms with Crippen molar-refractivity contribution >= 4 is 11.5 Å². The summed E-state index contributed by atoms with van der Waals surface area (Å²) in [5.74, 6) is 1.26. The van der Waals surface area contributed by atoms with Crippen molar-refractivity contribution in [2.75, 3.05) is 12.3 Å². The zero-order chi connectivity index (χ0) is 21.3. The van der Waals surface area contributed by atoms with Crippen LogP contribution in [-0.2, 0) is 10.3 Å². The van der Waals surface area contributed by atoms with Gasteiger partial charge in [0.25, 0.3) is 0 Å². The third-order valence-corrected chi connectivity index (χ3v) is 5.96. The highest BCUT2D eigenvalue weighted by atomic mass is 16.6. The highest BCUT2D eigenvalue weighted by molar-refractivity contribution is 6.15. The average Bonchev–Trinajstić information content (AvgIpc) is 2.72. The number of hydrogen-bond acceptors (Lipinski definition) is 7. The van der Waals surface area contributed by atoms with Crippen molar-refractivity contribution in [2.24, 2.45) is 10.9 Å². The summed E-state index contributed by atoms with van der Waals surface area (Å²) in [6.07, 6.45) is 7.28. The molecule has 0 radical (unpaired) electrons. The molecule has 0 spiro atoms. The Morgan fingerprint density at radius 3 is 2.70 bits per heavy atom. The monoisotopic (exact) mass is 407 g/mol. The number of oxime groups is 1. The highest BCUT2D eigenvalue weighted by Crippen LogP contribution is 2.45. The molecule has 2 aliphatic rings. The van der Waals surface area contributed by atoms with Crippen LogP contribution >= 0.6 is 0 Å². The molecular formula is C23H29N5O2. The SMILES string of the molecule is C=CCO/N=C1/c2cc(OC3CCC(N)CC3)ccc2-c2ncnc(N)c2C1(C)C. The topological polar surface area (TPSA) is 109 Å². The van der Waals surface area contributed by atoms with Gasteiger partial charge in [-0.3, -0.25) is 0 Å². The standard InChI is InChI=1S/C23H29N5O2/c1-4-11-29-28-21-18-12-16(30-15-7-5-14(24)6-8-15)9-10-17(18)20-19(23(21,2)3)22(25)27-13-26-20/h4,9-10,12-15H,1,5-8,11,24H2,2-3H3,(H2,25,26,27)/b28-21-. The number of hydrogen-bond donors (Lipinski definition) is 2. The van der Waals surface area contributed by atoms with E-state index >= 15 is 0 Å². The van der Waals surface area contributed by atoms with Crippen LogP contribution in [-0.4, -0.2) is 34.4 Å². The van der Waals surface area contributed by atoms with Gasteiger partial charge in [-0.05, 0) is 57.7 Å².